The fraction of sp³-hybridized carbons (Fsp3) is 0.150. The normalized spacial score (nSPS) is 15.3. The zero-order valence-electron chi connectivity index (χ0n) is 14.6. The molecule has 0 aliphatic carbocycles. The minimum absolute atomic E-state index is 0.172. The van der Waals surface area contributed by atoms with Gasteiger partial charge in [-0.1, -0.05) is 42.5 Å². The van der Waals surface area contributed by atoms with Gasteiger partial charge < -0.3 is 9.47 Å². The lowest BCUT2D eigenvalue weighted by Crippen LogP contribution is -2.27. The van der Waals surface area contributed by atoms with Crippen molar-refractivity contribution in [3.63, 3.8) is 0 Å². The molecule has 1 aliphatic heterocycles. The van der Waals surface area contributed by atoms with Gasteiger partial charge in [-0.2, -0.15) is 0 Å². The molecule has 1 heterocycles. The molecule has 0 saturated carbocycles. The van der Waals surface area contributed by atoms with Crippen LogP contribution in [0.5, 0.6) is 5.75 Å². The van der Waals surface area contributed by atoms with Crippen LogP contribution in [0.1, 0.15) is 11.1 Å². The molecule has 1 saturated heterocycles. The molecule has 0 atom stereocenters. The number of rotatable bonds is 6. The number of amides is 2. The standard InChI is InChI=1S/C20H17NO5S/c1-25-18(22)13-26-16-9-7-14(8-10-16)11-17-19(23)21(20(24)27-17)12-15-5-3-2-4-6-15/h2-11H,12-13H2,1H3/b17-11-. The van der Waals surface area contributed by atoms with Crippen LogP contribution in [-0.2, 0) is 20.9 Å². The third kappa shape index (κ3) is 4.77. The molecule has 6 nitrogen and oxygen atoms in total. The average molecular weight is 383 g/mol. The van der Waals surface area contributed by atoms with Crippen molar-refractivity contribution in [3.05, 3.63) is 70.6 Å². The van der Waals surface area contributed by atoms with Crippen LogP contribution in [0.4, 0.5) is 4.79 Å². The largest absolute Gasteiger partial charge is 0.482 e. The Labute approximate surface area is 160 Å². The van der Waals surface area contributed by atoms with Gasteiger partial charge in [-0.15, -0.1) is 0 Å². The van der Waals surface area contributed by atoms with Gasteiger partial charge in [-0.25, -0.2) is 4.79 Å². The van der Waals surface area contributed by atoms with Crippen molar-refractivity contribution in [2.45, 2.75) is 6.54 Å². The van der Waals surface area contributed by atoms with E-state index in [1.54, 1.807) is 30.3 Å². The lowest BCUT2D eigenvalue weighted by atomic mass is 10.2. The van der Waals surface area contributed by atoms with Gasteiger partial charge in [-0.3, -0.25) is 14.5 Å². The monoisotopic (exact) mass is 383 g/mol. The number of benzene rings is 2. The Kier molecular flexibility index (Phi) is 5.93. The van der Waals surface area contributed by atoms with Gasteiger partial charge in [0.05, 0.1) is 18.6 Å². The molecule has 2 aromatic rings. The maximum atomic E-state index is 12.5. The fourth-order valence-corrected chi connectivity index (χ4v) is 3.25. The van der Waals surface area contributed by atoms with Gasteiger partial charge in [0.25, 0.3) is 11.1 Å². The molecular weight excluding hydrogens is 366 g/mol. The fourth-order valence-electron chi connectivity index (χ4n) is 2.42. The smallest absolute Gasteiger partial charge is 0.343 e. The Morgan fingerprint density at radius 2 is 1.78 bits per heavy atom. The Bertz CT molecular complexity index is 877. The Hall–Kier alpha value is -3.06. The molecule has 27 heavy (non-hydrogen) atoms. The quantitative estimate of drug-likeness (QED) is 0.562. The van der Waals surface area contributed by atoms with Crippen molar-refractivity contribution >= 4 is 35.0 Å². The van der Waals surface area contributed by atoms with Gasteiger partial charge in [0.1, 0.15) is 5.75 Å². The van der Waals surface area contributed by atoms with Crippen LogP contribution in [0.15, 0.2) is 59.5 Å². The van der Waals surface area contributed by atoms with E-state index in [4.69, 9.17) is 4.74 Å². The first kappa shape index (κ1) is 18.7. The van der Waals surface area contributed by atoms with E-state index >= 15 is 0 Å². The number of imide groups is 1. The van der Waals surface area contributed by atoms with Crippen molar-refractivity contribution in [1.29, 1.82) is 0 Å². The zero-order valence-corrected chi connectivity index (χ0v) is 15.4. The van der Waals surface area contributed by atoms with Crippen LogP contribution in [0, 0.1) is 0 Å². The topological polar surface area (TPSA) is 72.9 Å². The van der Waals surface area contributed by atoms with Crippen LogP contribution >= 0.6 is 11.8 Å². The summed E-state index contributed by atoms with van der Waals surface area (Å²) in [7, 11) is 1.29. The minimum Gasteiger partial charge on any atom is -0.482 e. The molecule has 1 fully saturated rings. The van der Waals surface area contributed by atoms with Gasteiger partial charge in [0.15, 0.2) is 6.61 Å². The molecule has 0 bridgehead atoms. The molecule has 0 aromatic heterocycles. The average Bonchev–Trinajstić information content (AvgIpc) is 2.95. The summed E-state index contributed by atoms with van der Waals surface area (Å²) in [5.74, 6) is -0.263. The van der Waals surface area contributed by atoms with Gasteiger partial charge >= 0.3 is 5.97 Å². The first-order valence-corrected chi connectivity index (χ1v) is 8.97. The van der Waals surface area contributed by atoms with Crippen molar-refractivity contribution in [2.75, 3.05) is 13.7 Å². The van der Waals surface area contributed by atoms with Crippen molar-refractivity contribution in [2.24, 2.45) is 0 Å². The molecular formula is C20H17NO5S. The van der Waals surface area contributed by atoms with Crippen LogP contribution in [-0.4, -0.2) is 35.7 Å². The second-order valence-corrected chi connectivity index (χ2v) is 6.68. The predicted octanol–water partition coefficient (Wildman–Crippen LogP) is 3.47. The summed E-state index contributed by atoms with van der Waals surface area (Å²) in [6.45, 7) is 0.0807. The van der Waals surface area contributed by atoms with E-state index in [-0.39, 0.29) is 24.3 Å². The molecule has 1 aliphatic rings. The molecule has 0 N–H and O–H groups in total. The third-order valence-electron chi connectivity index (χ3n) is 3.82. The van der Waals surface area contributed by atoms with Crippen molar-refractivity contribution in [3.8, 4) is 5.75 Å². The lowest BCUT2D eigenvalue weighted by molar-refractivity contribution is -0.142. The van der Waals surface area contributed by atoms with E-state index in [0.717, 1.165) is 22.9 Å². The molecule has 138 valence electrons. The first-order valence-electron chi connectivity index (χ1n) is 8.16. The highest BCUT2D eigenvalue weighted by molar-refractivity contribution is 8.18. The number of esters is 1. The second kappa shape index (κ2) is 8.55. The Balaban J connectivity index is 1.67. The summed E-state index contributed by atoms with van der Waals surface area (Å²) < 4.78 is 9.78. The number of hydrogen-bond donors (Lipinski definition) is 0. The number of ether oxygens (including phenoxy) is 2. The molecule has 0 radical (unpaired) electrons. The lowest BCUT2D eigenvalue weighted by Gasteiger charge is -2.12. The maximum absolute atomic E-state index is 12.5. The highest BCUT2D eigenvalue weighted by Crippen LogP contribution is 2.33. The zero-order chi connectivity index (χ0) is 19.2. The number of thioether (sulfide) groups is 1. The highest BCUT2D eigenvalue weighted by atomic mass is 32.2. The number of carbonyl (C=O) groups is 3. The Morgan fingerprint density at radius 1 is 1.07 bits per heavy atom. The summed E-state index contributed by atoms with van der Waals surface area (Å²) in [5, 5.41) is -0.284. The second-order valence-electron chi connectivity index (χ2n) is 5.69. The summed E-state index contributed by atoms with van der Waals surface area (Å²) in [6, 6.07) is 16.2. The number of methoxy groups -OCH3 is 1. The first-order chi connectivity index (χ1) is 13.1. The van der Waals surface area contributed by atoms with E-state index in [1.807, 2.05) is 30.3 Å². The molecule has 0 spiro atoms. The van der Waals surface area contributed by atoms with Crippen LogP contribution < -0.4 is 4.74 Å². The SMILES string of the molecule is COC(=O)COc1ccc(/C=C2\SC(=O)N(Cc3ccccc3)C2=O)cc1. The predicted molar refractivity (Wildman–Crippen MR) is 102 cm³/mol. The van der Waals surface area contributed by atoms with E-state index in [0.29, 0.717) is 10.7 Å². The summed E-state index contributed by atoms with van der Waals surface area (Å²) >= 11 is 0.923. The van der Waals surface area contributed by atoms with E-state index in [9.17, 15) is 14.4 Å². The molecule has 7 heteroatoms. The van der Waals surface area contributed by atoms with Crippen molar-refractivity contribution in [1.82, 2.24) is 4.90 Å². The van der Waals surface area contributed by atoms with E-state index in [1.165, 1.54) is 12.0 Å². The minimum atomic E-state index is -0.467. The Morgan fingerprint density at radius 3 is 2.44 bits per heavy atom. The van der Waals surface area contributed by atoms with E-state index < -0.39 is 5.97 Å². The van der Waals surface area contributed by atoms with Crippen LogP contribution in [0.3, 0.4) is 0 Å². The van der Waals surface area contributed by atoms with Crippen LogP contribution in [0.2, 0.25) is 0 Å². The summed E-state index contributed by atoms with van der Waals surface area (Å²) in [4.78, 5) is 37.4. The summed E-state index contributed by atoms with van der Waals surface area (Å²) in [5.41, 5.74) is 1.65. The van der Waals surface area contributed by atoms with E-state index in [2.05, 4.69) is 4.74 Å². The van der Waals surface area contributed by atoms with Gasteiger partial charge in [0, 0.05) is 0 Å². The summed E-state index contributed by atoms with van der Waals surface area (Å²) in [6.07, 6.45) is 1.67. The van der Waals surface area contributed by atoms with Crippen LogP contribution in [0.25, 0.3) is 6.08 Å². The number of carbonyl (C=O) groups excluding carboxylic acids is 3. The highest BCUT2D eigenvalue weighted by Gasteiger charge is 2.34. The number of nitrogens with zero attached hydrogens (tertiary/aromatic N) is 1. The molecule has 3 rings (SSSR count). The van der Waals surface area contributed by atoms with Gasteiger partial charge in [-0.05, 0) is 41.1 Å². The molecule has 2 amide bonds. The van der Waals surface area contributed by atoms with Gasteiger partial charge in [0.2, 0.25) is 0 Å². The third-order valence-corrected chi connectivity index (χ3v) is 4.73. The molecule has 0 unspecified atom stereocenters. The molecule has 2 aromatic carbocycles. The van der Waals surface area contributed by atoms with Crippen molar-refractivity contribution < 1.29 is 23.9 Å². The number of hydrogen-bond acceptors (Lipinski definition) is 6. The maximum Gasteiger partial charge on any atom is 0.343 e.